The molecular weight excluding hydrogens is 402 g/mol. The van der Waals surface area contributed by atoms with Gasteiger partial charge in [-0.25, -0.2) is 18.2 Å². The molecular formula is C18H19N3O3S3. The van der Waals surface area contributed by atoms with E-state index in [9.17, 15) is 13.2 Å². The highest BCUT2D eigenvalue weighted by Gasteiger charge is 2.23. The maximum atomic E-state index is 12.3. The van der Waals surface area contributed by atoms with Gasteiger partial charge in [-0.05, 0) is 62.6 Å². The molecule has 0 radical (unpaired) electrons. The SMILES string of the molecule is CSc1ccc(NC(=O)Nc2ccc3nc(S(=O)(=O)C(C)C)sc3c2)cc1. The van der Waals surface area contributed by atoms with Crippen molar-refractivity contribution in [3.63, 3.8) is 0 Å². The van der Waals surface area contributed by atoms with Crippen LogP contribution in [0.25, 0.3) is 10.2 Å². The van der Waals surface area contributed by atoms with Crippen molar-refractivity contribution in [2.75, 3.05) is 16.9 Å². The molecule has 0 spiro atoms. The van der Waals surface area contributed by atoms with Crippen molar-refractivity contribution in [3.05, 3.63) is 42.5 Å². The smallest absolute Gasteiger partial charge is 0.308 e. The second-order valence-corrected chi connectivity index (χ2v) is 10.7. The number of sulfone groups is 1. The van der Waals surface area contributed by atoms with Crippen LogP contribution in [0, 0.1) is 0 Å². The van der Waals surface area contributed by atoms with Gasteiger partial charge in [0.2, 0.25) is 14.2 Å². The molecule has 9 heteroatoms. The van der Waals surface area contributed by atoms with Gasteiger partial charge in [-0.1, -0.05) is 0 Å². The van der Waals surface area contributed by atoms with E-state index in [1.807, 2.05) is 30.5 Å². The molecule has 3 rings (SSSR count). The molecule has 2 amide bonds. The predicted octanol–water partition coefficient (Wildman–Crippen LogP) is 4.84. The van der Waals surface area contributed by atoms with Gasteiger partial charge in [-0.15, -0.1) is 23.1 Å². The lowest BCUT2D eigenvalue weighted by Crippen LogP contribution is -2.19. The third-order valence-electron chi connectivity index (χ3n) is 3.84. The van der Waals surface area contributed by atoms with E-state index in [1.165, 1.54) is 0 Å². The molecule has 0 fully saturated rings. The molecule has 3 aromatic rings. The Morgan fingerprint density at radius 3 is 2.33 bits per heavy atom. The van der Waals surface area contributed by atoms with Crippen molar-refractivity contribution < 1.29 is 13.2 Å². The number of thioether (sulfide) groups is 1. The average molecular weight is 422 g/mol. The molecule has 0 saturated carbocycles. The lowest BCUT2D eigenvalue weighted by molar-refractivity contribution is 0.262. The van der Waals surface area contributed by atoms with E-state index in [-0.39, 0.29) is 10.4 Å². The fourth-order valence-corrected chi connectivity index (χ4v) is 5.36. The monoisotopic (exact) mass is 421 g/mol. The number of anilines is 2. The van der Waals surface area contributed by atoms with E-state index >= 15 is 0 Å². The predicted molar refractivity (Wildman–Crippen MR) is 113 cm³/mol. The van der Waals surface area contributed by atoms with Crippen molar-refractivity contribution >= 4 is 60.6 Å². The first-order valence-corrected chi connectivity index (χ1v) is 11.7. The van der Waals surface area contributed by atoms with Gasteiger partial charge >= 0.3 is 6.03 Å². The number of benzene rings is 2. The van der Waals surface area contributed by atoms with Crippen molar-refractivity contribution in [2.45, 2.75) is 28.3 Å². The number of nitrogens with one attached hydrogen (secondary N) is 2. The summed E-state index contributed by atoms with van der Waals surface area (Å²) in [6, 6.07) is 12.3. The topological polar surface area (TPSA) is 88.2 Å². The molecule has 6 nitrogen and oxygen atoms in total. The second-order valence-electron chi connectivity index (χ2n) is 6.06. The van der Waals surface area contributed by atoms with Crippen molar-refractivity contribution in [3.8, 4) is 0 Å². The Balaban J connectivity index is 1.75. The summed E-state index contributed by atoms with van der Waals surface area (Å²) in [5, 5.41) is 4.99. The zero-order valence-corrected chi connectivity index (χ0v) is 17.5. The fraction of sp³-hybridized carbons (Fsp3) is 0.222. The quantitative estimate of drug-likeness (QED) is 0.575. The van der Waals surface area contributed by atoms with Crippen LogP contribution in [0.1, 0.15) is 13.8 Å². The summed E-state index contributed by atoms with van der Waals surface area (Å²) in [5.74, 6) is 0. The molecule has 1 aromatic heterocycles. The van der Waals surface area contributed by atoms with Crippen LogP contribution in [0.2, 0.25) is 0 Å². The summed E-state index contributed by atoms with van der Waals surface area (Å²) in [6.07, 6.45) is 1.99. The van der Waals surface area contributed by atoms with Crippen LogP contribution in [0.4, 0.5) is 16.2 Å². The molecule has 0 aliphatic carbocycles. The highest BCUT2D eigenvalue weighted by atomic mass is 32.2. The summed E-state index contributed by atoms with van der Waals surface area (Å²) in [4.78, 5) is 17.5. The summed E-state index contributed by atoms with van der Waals surface area (Å²) < 4.78 is 25.4. The van der Waals surface area contributed by atoms with Gasteiger partial charge < -0.3 is 10.6 Å². The van der Waals surface area contributed by atoms with Crippen LogP contribution in [0.3, 0.4) is 0 Å². The van der Waals surface area contributed by atoms with Crippen molar-refractivity contribution in [1.29, 1.82) is 0 Å². The van der Waals surface area contributed by atoms with Crippen molar-refractivity contribution in [2.24, 2.45) is 0 Å². The number of rotatable bonds is 5. The zero-order chi connectivity index (χ0) is 19.6. The zero-order valence-electron chi connectivity index (χ0n) is 15.0. The number of amides is 2. The van der Waals surface area contributed by atoms with Crippen LogP contribution in [-0.4, -0.2) is 30.9 Å². The van der Waals surface area contributed by atoms with E-state index in [0.29, 0.717) is 21.6 Å². The minimum Gasteiger partial charge on any atom is -0.308 e. The number of aromatic nitrogens is 1. The van der Waals surface area contributed by atoms with Gasteiger partial charge in [0, 0.05) is 16.3 Å². The highest BCUT2D eigenvalue weighted by molar-refractivity contribution is 7.98. The minimum atomic E-state index is -3.42. The second kappa shape index (κ2) is 7.87. The average Bonchev–Trinajstić information content (AvgIpc) is 3.06. The molecule has 2 aromatic carbocycles. The van der Waals surface area contributed by atoms with Crippen LogP contribution < -0.4 is 10.6 Å². The Bertz CT molecular complexity index is 1070. The first-order chi connectivity index (χ1) is 12.8. The molecule has 0 unspecified atom stereocenters. The van der Waals surface area contributed by atoms with Gasteiger partial charge in [0.1, 0.15) is 0 Å². The molecule has 0 aliphatic rings. The summed E-state index contributed by atoms with van der Waals surface area (Å²) in [7, 11) is -3.42. The maximum absolute atomic E-state index is 12.3. The molecule has 142 valence electrons. The van der Waals surface area contributed by atoms with E-state index in [2.05, 4.69) is 15.6 Å². The van der Waals surface area contributed by atoms with E-state index in [4.69, 9.17) is 0 Å². The third kappa shape index (κ3) is 4.42. The number of carbonyl (C=O) groups is 1. The Kier molecular flexibility index (Phi) is 5.73. The van der Waals surface area contributed by atoms with Gasteiger partial charge in [-0.2, -0.15) is 0 Å². The molecule has 0 atom stereocenters. The van der Waals surface area contributed by atoms with Crippen molar-refractivity contribution in [1.82, 2.24) is 4.98 Å². The van der Waals surface area contributed by atoms with Crippen LogP contribution in [-0.2, 0) is 9.84 Å². The standard InChI is InChI=1S/C18H19N3O3S3/c1-11(2)27(23,24)18-21-15-9-6-13(10-16(15)26-18)20-17(22)19-12-4-7-14(25-3)8-5-12/h4-11H,1-3H3,(H2,19,20,22). The summed E-state index contributed by atoms with van der Waals surface area (Å²) >= 11 is 2.74. The Morgan fingerprint density at radius 2 is 1.70 bits per heavy atom. The number of thiazole rings is 1. The number of urea groups is 1. The molecule has 0 aliphatic heterocycles. The Hall–Kier alpha value is -2.10. The maximum Gasteiger partial charge on any atom is 0.323 e. The third-order valence-corrected chi connectivity index (χ3v) is 8.16. The number of nitrogens with zero attached hydrogens (tertiary/aromatic N) is 1. The molecule has 0 saturated heterocycles. The van der Waals surface area contributed by atoms with Crippen LogP contribution >= 0.6 is 23.1 Å². The minimum absolute atomic E-state index is 0.1000. The number of carbonyl (C=O) groups excluding carboxylic acids is 1. The van der Waals surface area contributed by atoms with Gasteiger partial charge in [0.05, 0.1) is 15.5 Å². The van der Waals surface area contributed by atoms with Crippen LogP contribution in [0.15, 0.2) is 51.7 Å². The van der Waals surface area contributed by atoms with Gasteiger partial charge in [-0.3, -0.25) is 0 Å². The summed E-state index contributed by atoms with van der Waals surface area (Å²) in [6.45, 7) is 3.26. The number of hydrogen-bond acceptors (Lipinski definition) is 6. The van der Waals surface area contributed by atoms with E-state index in [0.717, 1.165) is 16.2 Å². The lowest BCUT2D eigenvalue weighted by Gasteiger charge is -2.08. The van der Waals surface area contributed by atoms with E-state index < -0.39 is 15.1 Å². The first kappa shape index (κ1) is 19.7. The lowest BCUT2D eigenvalue weighted by atomic mass is 10.3. The Labute approximate surface area is 166 Å². The van der Waals surface area contributed by atoms with E-state index in [1.54, 1.807) is 43.8 Å². The molecule has 27 heavy (non-hydrogen) atoms. The molecule has 0 bridgehead atoms. The largest absolute Gasteiger partial charge is 0.323 e. The highest BCUT2D eigenvalue weighted by Crippen LogP contribution is 2.30. The van der Waals surface area contributed by atoms with Gasteiger partial charge in [0.15, 0.2) is 0 Å². The summed E-state index contributed by atoms with van der Waals surface area (Å²) in [5.41, 5.74) is 1.85. The Morgan fingerprint density at radius 1 is 1.07 bits per heavy atom. The normalized spacial score (nSPS) is 11.7. The first-order valence-electron chi connectivity index (χ1n) is 8.16. The number of hydrogen-bond donors (Lipinski definition) is 2. The molecule has 2 N–H and O–H groups in total. The molecule has 1 heterocycles. The van der Waals surface area contributed by atoms with Gasteiger partial charge in [0.25, 0.3) is 0 Å². The van der Waals surface area contributed by atoms with Crippen LogP contribution in [0.5, 0.6) is 0 Å². The number of fused-ring (bicyclic) bond motifs is 1. The fourth-order valence-electron chi connectivity index (χ4n) is 2.27.